The van der Waals surface area contributed by atoms with E-state index >= 15 is 0 Å². The van der Waals surface area contributed by atoms with Crippen LogP contribution in [0, 0.1) is 0 Å². The highest BCUT2D eigenvalue weighted by Crippen LogP contribution is 1.94. The Labute approximate surface area is 99.6 Å². The summed E-state index contributed by atoms with van der Waals surface area (Å²) in [5.41, 5.74) is 0. The molecule has 2 N–H and O–H groups in total. The Balaban J connectivity index is 3.55. The maximum atomic E-state index is 11.5. The Morgan fingerprint density at radius 2 is 1.75 bits per heavy atom. The van der Waals surface area contributed by atoms with Gasteiger partial charge in [0.1, 0.15) is 0 Å². The fourth-order valence-electron chi connectivity index (χ4n) is 1.29. The van der Waals surface area contributed by atoms with Gasteiger partial charge in [0.05, 0.1) is 5.75 Å². The molecule has 0 rings (SSSR count). The fourth-order valence-corrected chi connectivity index (χ4v) is 2.47. The molecule has 0 amide bonds. The van der Waals surface area contributed by atoms with Crippen LogP contribution in [0.25, 0.3) is 0 Å². The lowest BCUT2D eigenvalue weighted by atomic mass is 10.3. The van der Waals surface area contributed by atoms with Gasteiger partial charge in [0.2, 0.25) is 10.0 Å². The van der Waals surface area contributed by atoms with Gasteiger partial charge < -0.3 is 10.2 Å². The molecular formula is C10H25N3O2S. The summed E-state index contributed by atoms with van der Waals surface area (Å²) in [5.74, 6) is 0.233. The van der Waals surface area contributed by atoms with Gasteiger partial charge in [0.25, 0.3) is 0 Å². The molecule has 0 radical (unpaired) electrons. The summed E-state index contributed by atoms with van der Waals surface area (Å²) in [4.78, 5) is 2.04. The summed E-state index contributed by atoms with van der Waals surface area (Å²) in [6, 6.07) is 0. The summed E-state index contributed by atoms with van der Waals surface area (Å²) in [6.07, 6.45) is 2.46. The van der Waals surface area contributed by atoms with Crippen molar-refractivity contribution in [3.05, 3.63) is 0 Å². The second-order valence-electron chi connectivity index (χ2n) is 4.18. The van der Waals surface area contributed by atoms with Crippen LogP contribution < -0.4 is 10.0 Å². The Hall–Kier alpha value is -0.170. The second kappa shape index (κ2) is 8.92. The van der Waals surface area contributed by atoms with Crippen LogP contribution in [-0.4, -0.2) is 59.8 Å². The molecule has 0 heterocycles. The zero-order valence-electron chi connectivity index (χ0n) is 10.6. The van der Waals surface area contributed by atoms with Crippen LogP contribution >= 0.6 is 0 Å². The molecule has 6 heteroatoms. The van der Waals surface area contributed by atoms with E-state index in [4.69, 9.17) is 0 Å². The lowest BCUT2D eigenvalue weighted by molar-refractivity contribution is 0.400. The monoisotopic (exact) mass is 251 g/mol. The molecule has 0 unspecified atom stereocenters. The maximum absolute atomic E-state index is 11.5. The average Bonchev–Trinajstić information content (AvgIpc) is 2.19. The van der Waals surface area contributed by atoms with Crippen LogP contribution in [0.4, 0.5) is 0 Å². The Morgan fingerprint density at radius 1 is 1.06 bits per heavy atom. The van der Waals surface area contributed by atoms with Crippen molar-refractivity contribution in [2.45, 2.75) is 19.3 Å². The van der Waals surface area contributed by atoms with Crippen molar-refractivity contribution < 1.29 is 8.42 Å². The van der Waals surface area contributed by atoms with Crippen LogP contribution in [0.2, 0.25) is 0 Å². The predicted molar refractivity (Wildman–Crippen MR) is 68.1 cm³/mol. The molecular weight excluding hydrogens is 226 g/mol. The van der Waals surface area contributed by atoms with Crippen LogP contribution in [0.1, 0.15) is 19.3 Å². The van der Waals surface area contributed by atoms with E-state index in [2.05, 4.69) is 10.0 Å². The molecule has 0 fully saturated rings. The van der Waals surface area contributed by atoms with E-state index in [9.17, 15) is 8.42 Å². The number of sulfonamides is 1. The van der Waals surface area contributed by atoms with Gasteiger partial charge in [-0.3, -0.25) is 0 Å². The third kappa shape index (κ3) is 10.4. The minimum atomic E-state index is -3.06. The van der Waals surface area contributed by atoms with E-state index in [1.807, 2.05) is 26.0 Å². The molecule has 0 saturated heterocycles. The van der Waals surface area contributed by atoms with E-state index < -0.39 is 10.0 Å². The summed E-state index contributed by atoms with van der Waals surface area (Å²) in [6.45, 7) is 2.31. The number of unbranched alkanes of at least 4 members (excludes halogenated alkanes) is 1. The second-order valence-corrected chi connectivity index (χ2v) is 6.11. The zero-order valence-corrected chi connectivity index (χ0v) is 11.4. The van der Waals surface area contributed by atoms with Crippen LogP contribution in [0.5, 0.6) is 0 Å². The van der Waals surface area contributed by atoms with E-state index in [1.54, 1.807) is 0 Å². The highest BCUT2D eigenvalue weighted by Gasteiger charge is 2.08. The minimum absolute atomic E-state index is 0.233. The topological polar surface area (TPSA) is 61.4 Å². The molecule has 0 bridgehead atoms. The van der Waals surface area contributed by atoms with Crippen molar-refractivity contribution in [1.82, 2.24) is 14.9 Å². The highest BCUT2D eigenvalue weighted by atomic mass is 32.2. The Bertz CT molecular complexity index is 253. The molecule has 0 atom stereocenters. The smallest absolute Gasteiger partial charge is 0.211 e. The molecule has 0 spiro atoms. The molecule has 0 aromatic heterocycles. The lowest BCUT2D eigenvalue weighted by Crippen LogP contribution is -2.29. The maximum Gasteiger partial charge on any atom is 0.211 e. The van der Waals surface area contributed by atoms with E-state index in [0.29, 0.717) is 13.0 Å². The number of hydrogen-bond acceptors (Lipinski definition) is 4. The molecule has 0 aliphatic heterocycles. The van der Waals surface area contributed by atoms with Gasteiger partial charge in [-0.1, -0.05) is 0 Å². The van der Waals surface area contributed by atoms with Gasteiger partial charge >= 0.3 is 0 Å². The molecule has 5 nitrogen and oxygen atoms in total. The number of rotatable bonds is 10. The lowest BCUT2D eigenvalue weighted by Gasteiger charge is -2.10. The SMILES string of the molecule is CNCCCCS(=O)(=O)NCCCN(C)C. The summed E-state index contributed by atoms with van der Waals surface area (Å²) < 4.78 is 25.6. The minimum Gasteiger partial charge on any atom is -0.320 e. The first-order valence-corrected chi connectivity index (χ1v) is 7.40. The molecule has 0 aliphatic rings. The average molecular weight is 251 g/mol. The molecule has 98 valence electrons. The first-order chi connectivity index (χ1) is 7.48. The van der Waals surface area contributed by atoms with Crippen molar-refractivity contribution in [3.63, 3.8) is 0 Å². The quantitative estimate of drug-likeness (QED) is 0.531. The van der Waals surface area contributed by atoms with Gasteiger partial charge in [-0.2, -0.15) is 0 Å². The molecule has 0 aromatic carbocycles. The normalized spacial score (nSPS) is 12.2. The molecule has 0 aromatic rings. The van der Waals surface area contributed by atoms with Gasteiger partial charge in [-0.25, -0.2) is 13.1 Å². The van der Waals surface area contributed by atoms with Crippen LogP contribution in [-0.2, 0) is 10.0 Å². The Morgan fingerprint density at radius 3 is 2.31 bits per heavy atom. The number of nitrogens with zero attached hydrogens (tertiary/aromatic N) is 1. The third-order valence-electron chi connectivity index (χ3n) is 2.19. The largest absolute Gasteiger partial charge is 0.320 e. The first kappa shape index (κ1) is 15.8. The zero-order chi connectivity index (χ0) is 12.4. The van der Waals surface area contributed by atoms with Crippen molar-refractivity contribution in [2.24, 2.45) is 0 Å². The summed E-state index contributed by atoms with van der Waals surface area (Å²) in [7, 11) is 2.77. The van der Waals surface area contributed by atoms with Crippen molar-refractivity contribution in [3.8, 4) is 0 Å². The van der Waals surface area contributed by atoms with Crippen molar-refractivity contribution >= 4 is 10.0 Å². The predicted octanol–water partition coefficient (Wildman–Crippen LogP) is -0.143. The standard InChI is InChI=1S/C10H25N3O2S/c1-11-7-4-5-10-16(14,15)12-8-6-9-13(2)3/h11-12H,4-10H2,1-3H3. The molecule has 16 heavy (non-hydrogen) atoms. The highest BCUT2D eigenvalue weighted by molar-refractivity contribution is 7.89. The third-order valence-corrected chi connectivity index (χ3v) is 3.66. The van der Waals surface area contributed by atoms with Gasteiger partial charge in [0, 0.05) is 6.54 Å². The fraction of sp³-hybridized carbons (Fsp3) is 1.00. The van der Waals surface area contributed by atoms with E-state index in [1.165, 1.54) is 0 Å². The molecule has 0 aliphatic carbocycles. The van der Waals surface area contributed by atoms with Crippen LogP contribution in [0.3, 0.4) is 0 Å². The van der Waals surface area contributed by atoms with Gasteiger partial charge in [-0.15, -0.1) is 0 Å². The van der Waals surface area contributed by atoms with Gasteiger partial charge in [0.15, 0.2) is 0 Å². The van der Waals surface area contributed by atoms with Crippen molar-refractivity contribution in [1.29, 1.82) is 0 Å². The van der Waals surface area contributed by atoms with E-state index in [0.717, 1.165) is 25.9 Å². The summed E-state index contributed by atoms with van der Waals surface area (Å²) >= 11 is 0. The first-order valence-electron chi connectivity index (χ1n) is 5.74. The van der Waals surface area contributed by atoms with Crippen molar-refractivity contribution in [2.75, 3.05) is 46.5 Å². The van der Waals surface area contributed by atoms with E-state index in [-0.39, 0.29) is 5.75 Å². The summed E-state index contributed by atoms with van der Waals surface area (Å²) in [5, 5.41) is 3.00. The molecule has 0 saturated carbocycles. The number of hydrogen-bond donors (Lipinski definition) is 2. The Kier molecular flexibility index (Phi) is 8.83. The number of nitrogens with one attached hydrogen (secondary N) is 2. The van der Waals surface area contributed by atoms with Gasteiger partial charge in [-0.05, 0) is 53.5 Å². The van der Waals surface area contributed by atoms with Crippen LogP contribution in [0.15, 0.2) is 0 Å².